The first-order chi connectivity index (χ1) is 11.1. The van der Waals surface area contributed by atoms with E-state index in [1.807, 2.05) is 0 Å². The lowest BCUT2D eigenvalue weighted by Crippen LogP contribution is -2.47. The Kier molecular flexibility index (Phi) is 5.10. The molecule has 2 atom stereocenters. The maximum Gasteiger partial charge on any atom is 0.387 e. The zero-order valence-corrected chi connectivity index (χ0v) is 13.0. The van der Waals surface area contributed by atoms with Crippen molar-refractivity contribution in [3.63, 3.8) is 0 Å². The van der Waals surface area contributed by atoms with Crippen molar-refractivity contribution in [3.05, 3.63) is 29.3 Å². The van der Waals surface area contributed by atoms with E-state index in [9.17, 15) is 13.6 Å². The molecule has 1 amide bonds. The van der Waals surface area contributed by atoms with Crippen molar-refractivity contribution in [2.75, 3.05) is 6.54 Å². The van der Waals surface area contributed by atoms with Crippen LogP contribution in [0.3, 0.4) is 0 Å². The summed E-state index contributed by atoms with van der Waals surface area (Å²) in [5.41, 5.74) is 2.00. The first kappa shape index (κ1) is 16.2. The van der Waals surface area contributed by atoms with Crippen molar-refractivity contribution in [2.24, 2.45) is 0 Å². The summed E-state index contributed by atoms with van der Waals surface area (Å²) < 4.78 is 29.1. The number of carbonyl (C=O) groups is 1. The third-order valence-corrected chi connectivity index (χ3v) is 4.60. The van der Waals surface area contributed by atoms with Gasteiger partial charge in [0, 0.05) is 0 Å². The van der Waals surface area contributed by atoms with E-state index < -0.39 is 6.61 Å². The lowest BCUT2D eigenvalue weighted by molar-refractivity contribution is -0.124. The van der Waals surface area contributed by atoms with E-state index >= 15 is 0 Å². The predicted molar refractivity (Wildman–Crippen MR) is 82.5 cm³/mol. The normalized spacial score (nSPS) is 24.1. The van der Waals surface area contributed by atoms with Crippen molar-refractivity contribution in [2.45, 2.75) is 57.2 Å². The molecule has 126 valence electrons. The molecule has 2 aliphatic rings. The molecule has 0 spiro atoms. The summed E-state index contributed by atoms with van der Waals surface area (Å²) >= 11 is 0. The van der Waals surface area contributed by atoms with Crippen molar-refractivity contribution < 1.29 is 18.3 Å². The molecule has 0 radical (unpaired) electrons. The molecule has 1 aromatic carbocycles. The van der Waals surface area contributed by atoms with Gasteiger partial charge in [-0.05, 0) is 61.9 Å². The van der Waals surface area contributed by atoms with Gasteiger partial charge in [0.2, 0.25) is 5.91 Å². The van der Waals surface area contributed by atoms with Gasteiger partial charge in [-0.3, -0.25) is 4.79 Å². The van der Waals surface area contributed by atoms with Crippen molar-refractivity contribution >= 4 is 5.91 Å². The molecule has 0 bridgehead atoms. The summed E-state index contributed by atoms with van der Waals surface area (Å²) in [6.45, 7) is -1.93. The van der Waals surface area contributed by atoms with Gasteiger partial charge in [-0.2, -0.15) is 8.78 Å². The fourth-order valence-corrected chi connectivity index (χ4v) is 3.46. The number of alkyl halides is 2. The smallest absolute Gasteiger partial charge is 0.387 e. The first-order valence-electron chi connectivity index (χ1n) is 8.25. The standard InChI is InChI=1S/C17H22F2N2O2/c18-17(19)23-12-7-8-13-11(10-12)4-3-6-14(13)21-16(22)15-5-1-2-9-20-15/h7-8,10,14-15,17,20H,1-6,9H2,(H,21,22). The topological polar surface area (TPSA) is 50.4 Å². The Balaban J connectivity index is 1.69. The van der Waals surface area contributed by atoms with Crippen LogP contribution in [-0.2, 0) is 11.2 Å². The van der Waals surface area contributed by atoms with Crippen LogP contribution in [0, 0.1) is 0 Å². The van der Waals surface area contributed by atoms with E-state index in [0.29, 0.717) is 0 Å². The van der Waals surface area contributed by atoms with E-state index in [4.69, 9.17) is 0 Å². The summed E-state index contributed by atoms with van der Waals surface area (Å²) in [6.07, 6.45) is 5.68. The highest BCUT2D eigenvalue weighted by Gasteiger charge is 2.26. The minimum atomic E-state index is -2.82. The molecule has 23 heavy (non-hydrogen) atoms. The summed E-state index contributed by atoms with van der Waals surface area (Å²) in [5, 5.41) is 6.36. The maximum atomic E-state index is 12.4. The van der Waals surface area contributed by atoms with Crippen molar-refractivity contribution in [1.29, 1.82) is 0 Å². The van der Waals surface area contributed by atoms with Gasteiger partial charge >= 0.3 is 6.61 Å². The zero-order valence-electron chi connectivity index (χ0n) is 13.0. The van der Waals surface area contributed by atoms with Crippen LogP contribution in [0.4, 0.5) is 8.78 Å². The number of fused-ring (bicyclic) bond motifs is 1. The molecule has 0 aromatic heterocycles. The Morgan fingerprint density at radius 3 is 2.87 bits per heavy atom. The Labute approximate surface area is 134 Å². The predicted octanol–water partition coefficient (Wildman–Crippen LogP) is 2.92. The summed E-state index contributed by atoms with van der Waals surface area (Å²) in [6, 6.07) is 4.85. The number of halogens is 2. The molecule has 1 aromatic rings. The largest absolute Gasteiger partial charge is 0.435 e. The number of carbonyl (C=O) groups excluding carboxylic acids is 1. The van der Waals surface area contributed by atoms with Gasteiger partial charge in [0.25, 0.3) is 0 Å². The van der Waals surface area contributed by atoms with Crippen LogP contribution in [0.2, 0.25) is 0 Å². The monoisotopic (exact) mass is 324 g/mol. The molecule has 1 fully saturated rings. The van der Waals surface area contributed by atoms with Crippen molar-refractivity contribution in [1.82, 2.24) is 10.6 Å². The molecule has 0 saturated carbocycles. The third kappa shape index (κ3) is 3.99. The van der Waals surface area contributed by atoms with Gasteiger partial charge in [-0.15, -0.1) is 0 Å². The van der Waals surface area contributed by atoms with Crippen LogP contribution < -0.4 is 15.4 Å². The van der Waals surface area contributed by atoms with Gasteiger partial charge in [-0.1, -0.05) is 12.5 Å². The molecule has 1 aliphatic heterocycles. The minimum Gasteiger partial charge on any atom is -0.435 e. The van der Waals surface area contributed by atoms with Crippen molar-refractivity contribution in [3.8, 4) is 5.75 Å². The highest BCUT2D eigenvalue weighted by atomic mass is 19.3. The minimum absolute atomic E-state index is 0.0375. The number of piperidine rings is 1. The molecule has 1 aliphatic carbocycles. The van der Waals surface area contributed by atoms with Crippen LogP contribution >= 0.6 is 0 Å². The van der Waals surface area contributed by atoms with E-state index in [2.05, 4.69) is 15.4 Å². The Morgan fingerprint density at radius 2 is 2.13 bits per heavy atom. The molecule has 1 heterocycles. The zero-order chi connectivity index (χ0) is 16.2. The molecule has 1 saturated heterocycles. The highest BCUT2D eigenvalue weighted by Crippen LogP contribution is 2.32. The number of hydrogen-bond acceptors (Lipinski definition) is 3. The van der Waals surface area contributed by atoms with Gasteiger partial charge in [0.1, 0.15) is 5.75 Å². The van der Waals surface area contributed by atoms with Crippen LogP contribution in [0.5, 0.6) is 5.75 Å². The number of amides is 1. The average Bonchev–Trinajstić information content (AvgIpc) is 2.55. The fraction of sp³-hybridized carbons (Fsp3) is 0.588. The lowest BCUT2D eigenvalue weighted by Gasteiger charge is -2.30. The molecule has 3 rings (SSSR count). The number of hydrogen-bond donors (Lipinski definition) is 2. The third-order valence-electron chi connectivity index (χ3n) is 4.60. The van der Waals surface area contributed by atoms with E-state index in [0.717, 1.165) is 56.2 Å². The number of rotatable bonds is 4. The second-order valence-electron chi connectivity index (χ2n) is 6.20. The maximum absolute atomic E-state index is 12.4. The number of aryl methyl sites for hydroxylation is 1. The van der Waals surface area contributed by atoms with Crippen LogP contribution in [0.25, 0.3) is 0 Å². The van der Waals surface area contributed by atoms with Crippen LogP contribution in [-0.4, -0.2) is 25.1 Å². The average molecular weight is 324 g/mol. The van der Waals surface area contributed by atoms with Gasteiger partial charge in [0.15, 0.2) is 0 Å². The SMILES string of the molecule is O=C(NC1CCCc2cc(OC(F)F)ccc21)C1CCCCN1. The second kappa shape index (κ2) is 7.25. The van der Waals surface area contributed by atoms with Crippen LogP contribution in [0.15, 0.2) is 18.2 Å². The van der Waals surface area contributed by atoms with Gasteiger partial charge < -0.3 is 15.4 Å². The second-order valence-corrected chi connectivity index (χ2v) is 6.20. The summed E-state index contributed by atoms with van der Waals surface area (Å²) in [4.78, 5) is 12.4. The Hall–Kier alpha value is -1.69. The molecule has 2 N–H and O–H groups in total. The number of nitrogens with one attached hydrogen (secondary N) is 2. The Bertz CT molecular complexity index is 560. The molecule has 4 nitrogen and oxygen atoms in total. The molecular formula is C17H22F2N2O2. The van der Waals surface area contributed by atoms with Gasteiger partial charge in [0.05, 0.1) is 12.1 Å². The van der Waals surface area contributed by atoms with E-state index in [-0.39, 0.29) is 23.7 Å². The quantitative estimate of drug-likeness (QED) is 0.895. The molecule has 6 heteroatoms. The van der Waals surface area contributed by atoms with E-state index in [1.54, 1.807) is 18.2 Å². The lowest BCUT2D eigenvalue weighted by atomic mass is 9.87. The Morgan fingerprint density at radius 1 is 1.26 bits per heavy atom. The van der Waals surface area contributed by atoms with Gasteiger partial charge in [-0.25, -0.2) is 0 Å². The van der Waals surface area contributed by atoms with E-state index in [1.165, 1.54) is 0 Å². The summed E-state index contributed by atoms with van der Waals surface area (Å²) in [5.74, 6) is 0.218. The van der Waals surface area contributed by atoms with Crippen LogP contribution in [0.1, 0.15) is 49.3 Å². The first-order valence-corrected chi connectivity index (χ1v) is 8.25. The molecule has 2 unspecified atom stereocenters. The fourth-order valence-electron chi connectivity index (χ4n) is 3.46. The summed E-state index contributed by atoms with van der Waals surface area (Å²) in [7, 11) is 0. The molecular weight excluding hydrogens is 302 g/mol. The number of benzene rings is 1. The number of ether oxygens (including phenoxy) is 1. The highest BCUT2D eigenvalue weighted by molar-refractivity contribution is 5.82.